The summed E-state index contributed by atoms with van der Waals surface area (Å²) in [4.78, 5) is 3.83. The van der Waals surface area contributed by atoms with E-state index in [1.165, 1.54) is 24.1 Å². The van der Waals surface area contributed by atoms with E-state index in [9.17, 15) is 0 Å². The van der Waals surface area contributed by atoms with E-state index in [4.69, 9.17) is 22.1 Å². The highest BCUT2D eigenvalue weighted by atomic mass is 35.5. The van der Waals surface area contributed by atoms with Gasteiger partial charge < -0.3 is 10.5 Å². The third-order valence-corrected chi connectivity index (χ3v) is 5.45. The van der Waals surface area contributed by atoms with Crippen molar-refractivity contribution >= 4 is 22.9 Å². The summed E-state index contributed by atoms with van der Waals surface area (Å²) in [5.41, 5.74) is 6.01. The number of nitrogens with zero attached hydrogens (tertiary/aromatic N) is 1. The maximum Gasteiger partial charge on any atom is 0.0731 e. The summed E-state index contributed by atoms with van der Waals surface area (Å²) < 4.78 is 5.86. The molecular weight excluding hydrogens is 268 g/mol. The van der Waals surface area contributed by atoms with Crippen LogP contribution >= 0.6 is 22.9 Å². The highest BCUT2D eigenvalue weighted by Gasteiger charge is 2.39. The Morgan fingerprint density at radius 1 is 1.56 bits per heavy atom. The quantitative estimate of drug-likeness (QED) is 0.928. The van der Waals surface area contributed by atoms with Crippen molar-refractivity contribution < 1.29 is 4.74 Å². The second-order valence-corrected chi connectivity index (χ2v) is 6.44. The van der Waals surface area contributed by atoms with E-state index in [2.05, 4.69) is 11.0 Å². The van der Waals surface area contributed by atoms with Gasteiger partial charge in [0.05, 0.1) is 23.8 Å². The fraction of sp³-hybridized carbons (Fsp3) is 0.692. The molecule has 0 aromatic carbocycles. The molecule has 0 amide bonds. The Balaban J connectivity index is 1.82. The number of hydrogen-bond donors (Lipinski definition) is 1. The van der Waals surface area contributed by atoms with Crippen LogP contribution in [0.25, 0.3) is 0 Å². The number of hydrogen-bond acceptors (Lipinski definition) is 4. The zero-order chi connectivity index (χ0) is 12.5. The van der Waals surface area contributed by atoms with Crippen molar-refractivity contribution in [2.45, 2.75) is 37.5 Å². The lowest BCUT2D eigenvalue weighted by Crippen LogP contribution is -2.51. The van der Waals surface area contributed by atoms with Crippen molar-refractivity contribution in [1.29, 1.82) is 0 Å². The van der Waals surface area contributed by atoms with Gasteiger partial charge in [-0.05, 0) is 25.3 Å². The molecule has 3 atom stereocenters. The third kappa shape index (κ3) is 2.32. The minimum Gasteiger partial charge on any atom is -0.375 e. The zero-order valence-electron chi connectivity index (χ0n) is 10.3. The van der Waals surface area contributed by atoms with Crippen molar-refractivity contribution in [1.82, 2.24) is 4.90 Å². The second-order valence-electron chi connectivity index (χ2n) is 5.06. The van der Waals surface area contributed by atoms with Crippen LogP contribution in [-0.4, -0.2) is 36.7 Å². The van der Waals surface area contributed by atoms with Gasteiger partial charge in [-0.15, -0.1) is 11.3 Å². The summed E-state index contributed by atoms with van der Waals surface area (Å²) >= 11 is 7.75. The molecule has 1 aliphatic heterocycles. The lowest BCUT2D eigenvalue weighted by Gasteiger charge is -2.42. The summed E-state index contributed by atoms with van der Waals surface area (Å²) in [5.74, 6) is 0. The minimum absolute atomic E-state index is 0.303. The topological polar surface area (TPSA) is 38.5 Å². The number of nitrogens with two attached hydrogens (primary N) is 1. The van der Waals surface area contributed by atoms with Crippen LogP contribution in [0.4, 0.5) is 0 Å². The summed E-state index contributed by atoms with van der Waals surface area (Å²) in [5, 5.41) is 2.82. The van der Waals surface area contributed by atoms with E-state index < -0.39 is 0 Å². The number of fused-ring (bicyclic) bond motifs is 1. The third-order valence-electron chi connectivity index (χ3n) is 4.06. The number of rotatable bonds is 3. The van der Waals surface area contributed by atoms with Gasteiger partial charge in [0.25, 0.3) is 0 Å². The van der Waals surface area contributed by atoms with Crippen LogP contribution in [0, 0.1) is 0 Å². The van der Waals surface area contributed by atoms with Gasteiger partial charge in [-0.3, -0.25) is 4.90 Å². The van der Waals surface area contributed by atoms with Gasteiger partial charge in [0.1, 0.15) is 0 Å². The fourth-order valence-corrected chi connectivity index (χ4v) is 4.48. The van der Waals surface area contributed by atoms with Crippen LogP contribution in [0.3, 0.4) is 0 Å². The number of halogens is 1. The van der Waals surface area contributed by atoms with Crippen molar-refractivity contribution in [3.05, 3.63) is 21.3 Å². The molecular formula is C13H19ClN2OS. The largest absolute Gasteiger partial charge is 0.375 e. The predicted octanol–water partition coefficient (Wildman–Crippen LogP) is 2.65. The van der Waals surface area contributed by atoms with Gasteiger partial charge in [0.2, 0.25) is 0 Å². The Hall–Kier alpha value is -0.130. The highest BCUT2D eigenvalue weighted by molar-refractivity contribution is 7.10. The molecule has 1 aromatic rings. The molecule has 5 heteroatoms. The van der Waals surface area contributed by atoms with Crippen molar-refractivity contribution in [2.75, 3.05) is 19.7 Å². The summed E-state index contributed by atoms with van der Waals surface area (Å²) in [6.45, 7) is 2.47. The Morgan fingerprint density at radius 2 is 2.44 bits per heavy atom. The highest BCUT2D eigenvalue weighted by Crippen LogP contribution is 2.37. The molecule has 2 fully saturated rings. The monoisotopic (exact) mass is 286 g/mol. The summed E-state index contributed by atoms with van der Waals surface area (Å²) in [7, 11) is 0. The fourth-order valence-electron chi connectivity index (χ4n) is 3.26. The molecule has 1 aromatic heterocycles. The van der Waals surface area contributed by atoms with E-state index in [0.29, 0.717) is 24.7 Å². The first kappa shape index (κ1) is 12.9. The molecule has 1 saturated carbocycles. The Morgan fingerprint density at radius 3 is 3.17 bits per heavy atom. The SMILES string of the molecule is NCC(c1cc(Cl)cs1)N1CCOC2CCCC21. The second kappa shape index (κ2) is 5.47. The van der Waals surface area contributed by atoms with Gasteiger partial charge in [-0.25, -0.2) is 0 Å². The van der Waals surface area contributed by atoms with Crippen molar-refractivity contribution in [2.24, 2.45) is 5.73 Å². The first-order valence-electron chi connectivity index (χ1n) is 6.61. The summed E-state index contributed by atoms with van der Waals surface area (Å²) in [6.07, 6.45) is 4.13. The van der Waals surface area contributed by atoms with Crippen molar-refractivity contribution in [3.63, 3.8) is 0 Å². The van der Waals surface area contributed by atoms with E-state index in [1.807, 2.05) is 5.38 Å². The minimum atomic E-state index is 0.303. The van der Waals surface area contributed by atoms with Crippen LogP contribution < -0.4 is 5.73 Å². The molecule has 1 aliphatic carbocycles. The smallest absolute Gasteiger partial charge is 0.0731 e. The first-order valence-corrected chi connectivity index (χ1v) is 7.86. The average molecular weight is 287 g/mol. The molecule has 1 saturated heterocycles. The molecule has 2 N–H and O–H groups in total. The van der Waals surface area contributed by atoms with E-state index in [0.717, 1.165) is 18.2 Å². The number of morpholine rings is 1. The molecule has 18 heavy (non-hydrogen) atoms. The average Bonchev–Trinajstić information content (AvgIpc) is 2.99. The van der Waals surface area contributed by atoms with Gasteiger partial charge >= 0.3 is 0 Å². The lowest BCUT2D eigenvalue weighted by atomic mass is 10.1. The predicted molar refractivity (Wildman–Crippen MR) is 75.2 cm³/mol. The van der Waals surface area contributed by atoms with Gasteiger partial charge in [-0.1, -0.05) is 11.6 Å². The maximum absolute atomic E-state index is 6.04. The zero-order valence-corrected chi connectivity index (χ0v) is 11.9. The number of ether oxygens (including phenoxy) is 1. The molecule has 2 heterocycles. The Bertz CT molecular complexity index is 411. The Labute approximate surface area is 117 Å². The van der Waals surface area contributed by atoms with Crippen LogP contribution in [0.2, 0.25) is 5.02 Å². The van der Waals surface area contributed by atoms with E-state index in [1.54, 1.807) is 11.3 Å². The standard InChI is InChI=1S/C13H19ClN2OS/c14-9-6-13(18-8-9)11(7-15)16-4-5-17-12-3-1-2-10(12)16/h6,8,10-12H,1-5,7,15H2. The maximum atomic E-state index is 6.04. The van der Waals surface area contributed by atoms with Gasteiger partial charge in [-0.2, -0.15) is 0 Å². The van der Waals surface area contributed by atoms with E-state index in [-0.39, 0.29) is 0 Å². The molecule has 3 unspecified atom stereocenters. The molecule has 0 spiro atoms. The van der Waals surface area contributed by atoms with Crippen LogP contribution in [0.15, 0.2) is 11.4 Å². The molecule has 0 bridgehead atoms. The van der Waals surface area contributed by atoms with Crippen molar-refractivity contribution in [3.8, 4) is 0 Å². The normalized spacial score (nSPS) is 30.3. The molecule has 100 valence electrons. The number of thiophene rings is 1. The van der Waals surface area contributed by atoms with E-state index >= 15 is 0 Å². The van der Waals surface area contributed by atoms with Crippen LogP contribution in [0.5, 0.6) is 0 Å². The molecule has 0 radical (unpaired) electrons. The van der Waals surface area contributed by atoms with Gasteiger partial charge in [0, 0.05) is 29.4 Å². The summed E-state index contributed by atoms with van der Waals surface area (Å²) in [6, 6.07) is 2.91. The van der Waals surface area contributed by atoms with Crippen LogP contribution in [0.1, 0.15) is 30.2 Å². The Kier molecular flexibility index (Phi) is 3.91. The molecule has 3 rings (SSSR count). The lowest BCUT2D eigenvalue weighted by molar-refractivity contribution is -0.0706. The van der Waals surface area contributed by atoms with Crippen LogP contribution in [-0.2, 0) is 4.74 Å². The molecule has 2 aliphatic rings. The van der Waals surface area contributed by atoms with Gasteiger partial charge in [0.15, 0.2) is 0 Å². The molecule has 3 nitrogen and oxygen atoms in total. The first-order chi connectivity index (χ1) is 8.79.